The Bertz CT molecular complexity index is 328. The van der Waals surface area contributed by atoms with Crippen molar-refractivity contribution >= 4 is 10.1 Å². The Morgan fingerprint density at radius 1 is 0.682 bits per heavy atom. The Hall–Kier alpha value is -0.130. The molecule has 0 radical (unpaired) electrons. The molecule has 0 aromatic rings. The van der Waals surface area contributed by atoms with Crippen LogP contribution in [0.1, 0.15) is 78.6 Å². The molecular formula is C17H37NO3S. The third-order valence-electron chi connectivity index (χ3n) is 4.52. The van der Waals surface area contributed by atoms with Crippen molar-refractivity contribution < 1.29 is 17.5 Å². The molecule has 0 aromatic heterocycles. The van der Waals surface area contributed by atoms with Crippen LogP contribution in [0, 0.1) is 0 Å². The summed E-state index contributed by atoms with van der Waals surface area (Å²) in [4.78, 5) is 0. The highest BCUT2D eigenvalue weighted by molar-refractivity contribution is 7.85. The van der Waals surface area contributed by atoms with Crippen LogP contribution in [0.15, 0.2) is 0 Å². The van der Waals surface area contributed by atoms with Crippen molar-refractivity contribution in [1.82, 2.24) is 0 Å². The van der Waals surface area contributed by atoms with Gasteiger partial charge in [-0.2, -0.15) is 0 Å². The van der Waals surface area contributed by atoms with E-state index in [2.05, 4.69) is 20.8 Å². The highest BCUT2D eigenvalue weighted by atomic mass is 32.2. The number of hydrogen-bond acceptors (Lipinski definition) is 3. The summed E-state index contributed by atoms with van der Waals surface area (Å²) in [6, 6.07) is 0. The average Bonchev–Trinajstić information content (AvgIpc) is 2.45. The molecule has 0 aliphatic heterocycles. The molecule has 0 unspecified atom stereocenters. The van der Waals surface area contributed by atoms with Gasteiger partial charge in [0.15, 0.2) is 0 Å². The van der Waals surface area contributed by atoms with E-state index >= 15 is 0 Å². The van der Waals surface area contributed by atoms with Crippen molar-refractivity contribution in [2.75, 3.05) is 31.9 Å². The fraction of sp³-hybridized carbons (Fsp3) is 1.00. The van der Waals surface area contributed by atoms with Crippen LogP contribution >= 0.6 is 0 Å². The second-order valence-corrected chi connectivity index (χ2v) is 8.14. The Kier molecular flexibility index (Phi) is 12.2. The van der Waals surface area contributed by atoms with Crippen LogP contribution in [0.2, 0.25) is 0 Å². The van der Waals surface area contributed by atoms with Crippen LogP contribution in [0.5, 0.6) is 0 Å². The summed E-state index contributed by atoms with van der Waals surface area (Å²) >= 11 is 0. The molecule has 0 fully saturated rings. The Morgan fingerprint density at radius 2 is 1.05 bits per heavy atom. The summed E-state index contributed by atoms with van der Waals surface area (Å²) < 4.78 is 34.1. The van der Waals surface area contributed by atoms with Crippen LogP contribution in [0.4, 0.5) is 0 Å². The summed E-state index contributed by atoms with van der Waals surface area (Å²) in [7, 11) is -4.11. The first kappa shape index (κ1) is 21.9. The second kappa shape index (κ2) is 12.3. The minimum atomic E-state index is -4.11. The van der Waals surface area contributed by atoms with E-state index in [0.29, 0.717) is 6.54 Å². The van der Waals surface area contributed by atoms with E-state index in [1.54, 1.807) is 0 Å². The molecule has 0 aromatic carbocycles. The van der Waals surface area contributed by atoms with E-state index in [-0.39, 0.29) is 5.75 Å². The zero-order valence-corrected chi connectivity index (χ0v) is 15.8. The van der Waals surface area contributed by atoms with Gasteiger partial charge >= 0.3 is 0 Å². The van der Waals surface area contributed by atoms with Gasteiger partial charge in [0.25, 0.3) is 0 Å². The van der Waals surface area contributed by atoms with E-state index < -0.39 is 10.1 Å². The SMILES string of the molecule is CCCCC[N+](CCCCC)(CCCCC)CCS(=O)(=O)[O-]. The van der Waals surface area contributed by atoms with Gasteiger partial charge < -0.3 is 9.04 Å². The van der Waals surface area contributed by atoms with Crippen LogP contribution in [0.25, 0.3) is 0 Å². The van der Waals surface area contributed by atoms with Crippen LogP contribution < -0.4 is 0 Å². The fourth-order valence-corrected chi connectivity index (χ4v) is 3.68. The molecule has 0 heterocycles. The van der Waals surface area contributed by atoms with Crippen LogP contribution in [-0.4, -0.2) is 49.4 Å². The molecule has 4 nitrogen and oxygen atoms in total. The molecule has 0 aliphatic carbocycles. The van der Waals surface area contributed by atoms with Gasteiger partial charge in [0, 0.05) is 0 Å². The number of rotatable bonds is 15. The van der Waals surface area contributed by atoms with E-state index in [4.69, 9.17) is 0 Å². The Morgan fingerprint density at radius 3 is 1.32 bits per heavy atom. The van der Waals surface area contributed by atoms with Gasteiger partial charge in [-0.05, 0) is 38.5 Å². The smallest absolute Gasteiger partial charge is 0.100 e. The first-order valence-electron chi connectivity index (χ1n) is 9.17. The summed E-state index contributed by atoms with van der Waals surface area (Å²) in [6.07, 6.45) is 10.5. The molecular weight excluding hydrogens is 298 g/mol. The van der Waals surface area contributed by atoms with Gasteiger partial charge in [-0.25, -0.2) is 8.42 Å². The largest absolute Gasteiger partial charge is 0.748 e. The van der Waals surface area contributed by atoms with Crippen molar-refractivity contribution in [2.45, 2.75) is 78.6 Å². The number of hydrogen-bond donors (Lipinski definition) is 0. The van der Waals surface area contributed by atoms with Crippen molar-refractivity contribution in [1.29, 1.82) is 0 Å². The molecule has 0 amide bonds. The summed E-state index contributed by atoms with van der Waals surface area (Å²) in [6.45, 7) is 10.1. The van der Waals surface area contributed by atoms with Crippen LogP contribution in [-0.2, 0) is 10.1 Å². The monoisotopic (exact) mass is 335 g/mol. The molecule has 0 N–H and O–H groups in total. The van der Waals surface area contributed by atoms with Gasteiger partial charge in [-0.3, -0.25) is 0 Å². The first-order valence-corrected chi connectivity index (χ1v) is 10.8. The fourth-order valence-electron chi connectivity index (χ4n) is 3.07. The maximum absolute atomic E-state index is 11.1. The van der Waals surface area contributed by atoms with Gasteiger partial charge in [0.1, 0.15) is 10.1 Å². The summed E-state index contributed by atoms with van der Waals surface area (Å²) in [5, 5.41) is 0. The lowest BCUT2D eigenvalue weighted by molar-refractivity contribution is -0.926. The zero-order valence-electron chi connectivity index (χ0n) is 15.0. The maximum Gasteiger partial charge on any atom is 0.100 e. The molecule has 0 bridgehead atoms. The molecule has 5 heteroatoms. The lowest BCUT2D eigenvalue weighted by atomic mass is 10.1. The predicted molar refractivity (Wildman–Crippen MR) is 92.9 cm³/mol. The molecule has 22 heavy (non-hydrogen) atoms. The van der Waals surface area contributed by atoms with E-state index in [9.17, 15) is 13.0 Å². The number of quaternary nitrogens is 1. The molecule has 0 rings (SSSR count). The van der Waals surface area contributed by atoms with Gasteiger partial charge in [-0.15, -0.1) is 0 Å². The van der Waals surface area contributed by atoms with Crippen molar-refractivity contribution in [2.24, 2.45) is 0 Å². The maximum atomic E-state index is 11.1. The summed E-state index contributed by atoms with van der Waals surface area (Å²) in [5.41, 5.74) is 0. The number of unbranched alkanes of at least 4 members (excludes halogenated alkanes) is 6. The minimum Gasteiger partial charge on any atom is -0.748 e. The molecule has 0 spiro atoms. The van der Waals surface area contributed by atoms with Gasteiger partial charge in [0.05, 0.1) is 31.9 Å². The quantitative estimate of drug-likeness (QED) is 0.259. The summed E-state index contributed by atoms with van der Waals surface area (Å²) in [5.74, 6) is -0.211. The second-order valence-electron chi connectivity index (χ2n) is 6.62. The van der Waals surface area contributed by atoms with Crippen molar-refractivity contribution in [3.05, 3.63) is 0 Å². The van der Waals surface area contributed by atoms with E-state index in [1.165, 1.54) is 38.5 Å². The molecule has 0 atom stereocenters. The zero-order chi connectivity index (χ0) is 16.9. The number of nitrogens with zero attached hydrogens (tertiary/aromatic N) is 1. The van der Waals surface area contributed by atoms with Crippen molar-refractivity contribution in [3.63, 3.8) is 0 Å². The minimum absolute atomic E-state index is 0.211. The molecule has 0 saturated heterocycles. The first-order chi connectivity index (χ1) is 10.4. The standard InChI is InChI=1S/C17H37NO3S/c1-4-7-10-13-18(14-11-8-5-2,15-12-9-6-3)16-17-22(19,20)21/h4-17H2,1-3H3. The third kappa shape index (κ3) is 11.4. The Labute approximate surface area is 138 Å². The predicted octanol–water partition coefficient (Wildman–Crippen LogP) is 3.92. The lowest BCUT2D eigenvalue weighted by Crippen LogP contribution is -2.52. The van der Waals surface area contributed by atoms with E-state index in [1.807, 2.05) is 0 Å². The third-order valence-corrected chi connectivity index (χ3v) is 5.21. The normalized spacial score (nSPS) is 12.7. The Balaban J connectivity index is 4.83. The van der Waals surface area contributed by atoms with E-state index in [0.717, 1.165) is 43.4 Å². The molecule has 134 valence electrons. The average molecular weight is 336 g/mol. The van der Waals surface area contributed by atoms with Crippen molar-refractivity contribution in [3.8, 4) is 0 Å². The topological polar surface area (TPSA) is 57.2 Å². The lowest BCUT2D eigenvalue weighted by Gasteiger charge is -2.39. The molecule has 0 saturated carbocycles. The highest BCUT2D eigenvalue weighted by Crippen LogP contribution is 2.16. The van der Waals surface area contributed by atoms with Gasteiger partial charge in [-0.1, -0.05) is 40.0 Å². The highest BCUT2D eigenvalue weighted by Gasteiger charge is 2.26. The van der Waals surface area contributed by atoms with Gasteiger partial charge in [0.2, 0.25) is 0 Å². The van der Waals surface area contributed by atoms with Crippen LogP contribution in [0.3, 0.4) is 0 Å². The molecule has 0 aliphatic rings.